The van der Waals surface area contributed by atoms with Crippen LogP contribution in [0.3, 0.4) is 0 Å². The van der Waals surface area contributed by atoms with Gasteiger partial charge in [-0.1, -0.05) is 23.7 Å². The van der Waals surface area contributed by atoms with Crippen molar-refractivity contribution >= 4 is 27.3 Å². The lowest BCUT2D eigenvalue weighted by Gasteiger charge is -2.11. The minimum Gasteiger partial charge on any atom is -0.392 e. The molecule has 0 aliphatic rings. The lowest BCUT2D eigenvalue weighted by atomic mass is 10.1. The van der Waals surface area contributed by atoms with Crippen LogP contribution in [0.1, 0.15) is 16.7 Å². The molecule has 2 N–H and O–H groups in total. The number of aliphatic hydroxyl groups is 1. The number of nitrogens with one attached hydrogen (secondary N) is 1. The first-order chi connectivity index (χ1) is 9.83. The third kappa shape index (κ3) is 3.56. The largest absolute Gasteiger partial charge is 0.392 e. The van der Waals surface area contributed by atoms with Crippen LogP contribution >= 0.6 is 11.6 Å². The fraction of sp³-hybridized carbons (Fsp3) is 0.200. The smallest absolute Gasteiger partial charge is 0.261 e. The zero-order chi connectivity index (χ0) is 15.6. The summed E-state index contributed by atoms with van der Waals surface area (Å²) in [5, 5.41) is 9.28. The first-order valence-corrected chi connectivity index (χ1v) is 8.19. The molecule has 0 spiro atoms. The highest BCUT2D eigenvalue weighted by Crippen LogP contribution is 2.23. The van der Waals surface area contributed by atoms with Crippen molar-refractivity contribution < 1.29 is 13.5 Å². The molecule has 6 heteroatoms. The van der Waals surface area contributed by atoms with E-state index in [1.54, 1.807) is 12.1 Å². The molecule has 0 bridgehead atoms. The van der Waals surface area contributed by atoms with Crippen molar-refractivity contribution in [3.63, 3.8) is 0 Å². The van der Waals surface area contributed by atoms with E-state index >= 15 is 0 Å². The maximum Gasteiger partial charge on any atom is 0.261 e. The molecule has 4 nitrogen and oxygen atoms in total. The predicted molar refractivity (Wildman–Crippen MR) is 84.1 cm³/mol. The summed E-state index contributed by atoms with van der Waals surface area (Å²) in [4.78, 5) is 0.0583. The Morgan fingerprint density at radius 1 is 1.10 bits per heavy atom. The van der Waals surface area contributed by atoms with E-state index in [0.29, 0.717) is 11.3 Å². The standard InChI is InChI=1S/C15H16ClNO3S/c1-10-3-5-13(7-11(10)2)17-21(19,20)14-6-4-12(9-18)15(16)8-14/h3-8,17-18H,9H2,1-2H3. The number of anilines is 1. The number of halogens is 1. The second-order valence-electron chi connectivity index (χ2n) is 4.82. The molecule has 0 aliphatic carbocycles. The van der Waals surface area contributed by atoms with Gasteiger partial charge in [-0.3, -0.25) is 4.72 Å². The fourth-order valence-electron chi connectivity index (χ4n) is 1.84. The molecule has 0 fully saturated rings. The van der Waals surface area contributed by atoms with Gasteiger partial charge in [0, 0.05) is 10.7 Å². The van der Waals surface area contributed by atoms with Crippen molar-refractivity contribution in [2.24, 2.45) is 0 Å². The summed E-state index contributed by atoms with van der Waals surface area (Å²) < 4.78 is 27.2. The van der Waals surface area contributed by atoms with E-state index in [2.05, 4.69) is 4.72 Å². The fourth-order valence-corrected chi connectivity index (χ4v) is 3.22. The molecule has 0 unspecified atom stereocenters. The molecule has 2 rings (SSSR count). The zero-order valence-electron chi connectivity index (χ0n) is 11.7. The van der Waals surface area contributed by atoms with Crippen LogP contribution in [0.25, 0.3) is 0 Å². The molecule has 0 heterocycles. The number of sulfonamides is 1. The quantitative estimate of drug-likeness (QED) is 0.906. The first kappa shape index (κ1) is 15.8. The molecule has 0 atom stereocenters. The van der Waals surface area contributed by atoms with Crippen LogP contribution in [-0.2, 0) is 16.6 Å². The van der Waals surface area contributed by atoms with Gasteiger partial charge in [0.05, 0.1) is 11.5 Å². The van der Waals surface area contributed by atoms with Gasteiger partial charge in [0.15, 0.2) is 0 Å². The van der Waals surface area contributed by atoms with Crippen LogP contribution in [0.2, 0.25) is 5.02 Å². The number of aryl methyl sites for hydroxylation is 2. The summed E-state index contributed by atoms with van der Waals surface area (Å²) in [6.07, 6.45) is 0. The van der Waals surface area contributed by atoms with Gasteiger partial charge in [-0.05, 0) is 54.8 Å². The molecule has 21 heavy (non-hydrogen) atoms. The Balaban J connectivity index is 2.33. The summed E-state index contributed by atoms with van der Waals surface area (Å²) in [5.74, 6) is 0. The lowest BCUT2D eigenvalue weighted by Crippen LogP contribution is -2.13. The van der Waals surface area contributed by atoms with E-state index in [1.807, 2.05) is 19.9 Å². The molecule has 2 aromatic carbocycles. The molecule has 0 radical (unpaired) electrons. The van der Waals surface area contributed by atoms with Gasteiger partial charge >= 0.3 is 0 Å². The Kier molecular flexibility index (Phi) is 4.56. The van der Waals surface area contributed by atoms with E-state index in [0.717, 1.165) is 11.1 Å². The Bertz CT molecular complexity index is 772. The first-order valence-electron chi connectivity index (χ1n) is 6.33. The summed E-state index contributed by atoms with van der Waals surface area (Å²) in [7, 11) is -3.71. The van der Waals surface area contributed by atoms with Gasteiger partial charge < -0.3 is 5.11 Å². The van der Waals surface area contributed by atoms with Gasteiger partial charge in [0.2, 0.25) is 0 Å². The molecule has 0 saturated carbocycles. The number of hydrogen-bond donors (Lipinski definition) is 2. The maximum absolute atomic E-state index is 12.3. The van der Waals surface area contributed by atoms with Gasteiger partial charge in [0.25, 0.3) is 10.0 Å². The average molecular weight is 326 g/mol. The monoisotopic (exact) mass is 325 g/mol. The van der Waals surface area contributed by atoms with Gasteiger partial charge in [-0.25, -0.2) is 8.42 Å². The Morgan fingerprint density at radius 2 is 1.81 bits per heavy atom. The molecule has 0 saturated heterocycles. The third-order valence-corrected chi connectivity index (χ3v) is 5.00. The molecular weight excluding hydrogens is 310 g/mol. The van der Waals surface area contributed by atoms with Crippen molar-refractivity contribution in [1.29, 1.82) is 0 Å². The highest BCUT2D eigenvalue weighted by molar-refractivity contribution is 7.92. The van der Waals surface area contributed by atoms with E-state index in [-0.39, 0.29) is 16.5 Å². The number of benzene rings is 2. The van der Waals surface area contributed by atoms with Crippen molar-refractivity contribution in [2.75, 3.05) is 4.72 Å². The topological polar surface area (TPSA) is 66.4 Å². The summed E-state index contributed by atoms with van der Waals surface area (Å²) in [6, 6.07) is 9.59. The van der Waals surface area contributed by atoms with Crippen molar-refractivity contribution in [3.8, 4) is 0 Å². The highest BCUT2D eigenvalue weighted by atomic mass is 35.5. The van der Waals surface area contributed by atoms with E-state index < -0.39 is 10.0 Å². The van der Waals surface area contributed by atoms with E-state index in [4.69, 9.17) is 16.7 Å². The van der Waals surface area contributed by atoms with Gasteiger partial charge in [0.1, 0.15) is 0 Å². The van der Waals surface area contributed by atoms with Crippen LogP contribution in [0.5, 0.6) is 0 Å². The third-order valence-electron chi connectivity index (χ3n) is 3.26. The minimum absolute atomic E-state index is 0.0583. The SMILES string of the molecule is Cc1ccc(NS(=O)(=O)c2ccc(CO)c(Cl)c2)cc1C. The van der Waals surface area contributed by atoms with Crippen molar-refractivity contribution in [1.82, 2.24) is 0 Å². The number of rotatable bonds is 4. The summed E-state index contributed by atoms with van der Waals surface area (Å²) in [6.45, 7) is 3.64. The van der Waals surface area contributed by atoms with E-state index in [9.17, 15) is 8.42 Å². The van der Waals surface area contributed by atoms with Crippen LogP contribution in [-0.4, -0.2) is 13.5 Å². The normalized spacial score (nSPS) is 11.4. The minimum atomic E-state index is -3.71. The molecule has 0 aliphatic heterocycles. The Labute approximate surface area is 129 Å². The van der Waals surface area contributed by atoms with E-state index in [1.165, 1.54) is 18.2 Å². The number of hydrogen-bond acceptors (Lipinski definition) is 3. The van der Waals surface area contributed by atoms with Crippen LogP contribution in [0.15, 0.2) is 41.3 Å². The highest BCUT2D eigenvalue weighted by Gasteiger charge is 2.16. The van der Waals surface area contributed by atoms with Gasteiger partial charge in [-0.15, -0.1) is 0 Å². The summed E-state index contributed by atoms with van der Waals surface area (Å²) >= 11 is 5.93. The average Bonchev–Trinajstić information content (AvgIpc) is 2.42. The van der Waals surface area contributed by atoms with Crippen molar-refractivity contribution in [2.45, 2.75) is 25.3 Å². The molecule has 2 aromatic rings. The zero-order valence-corrected chi connectivity index (χ0v) is 13.3. The molecule has 0 aromatic heterocycles. The maximum atomic E-state index is 12.3. The molecule has 0 amide bonds. The second-order valence-corrected chi connectivity index (χ2v) is 6.91. The Morgan fingerprint density at radius 3 is 2.38 bits per heavy atom. The van der Waals surface area contributed by atoms with Crippen LogP contribution in [0, 0.1) is 13.8 Å². The molecular formula is C15H16ClNO3S. The van der Waals surface area contributed by atoms with Gasteiger partial charge in [-0.2, -0.15) is 0 Å². The Hall–Kier alpha value is -1.56. The van der Waals surface area contributed by atoms with Crippen molar-refractivity contribution in [3.05, 3.63) is 58.1 Å². The lowest BCUT2D eigenvalue weighted by molar-refractivity contribution is 0.282. The van der Waals surface area contributed by atoms with Crippen LogP contribution < -0.4 is 4.72 Å². The van der Waals surface area contributed by atoms with Crippen LogP contribution in [0.4, 0.5) is 5.69 Å². The molecule has 112 valence electrons. The predicted octanol–water partition coefficient (Wildman–Crippen LogP) is 3.25. The number of aliphatic hydroxyl groups excluding tert-OH is 1. The summed E-state index contributed by atoms with van der Waals surface area (Å²) in [5.41, 5.74) is 3.08. The second kappa shape index (κ2) is 6.05.